The Hall–Kier alpha value is -3.14. The van der Waals surface area contributed by atoms with Crippen LogP contribution in [-0.4, -0.2) is 17.0 Å². The lowest BCUT2D eigenvalue weighted by Crippen LogP contribution is -2.05. The van der Waals surface area contributed by atoms with Crippen LogP contribution >= 0.6 is 0 Å². The fourth-order valence-corrected chi connectivity index (χ4v) is 1.72. The van der Waals surface area contributed by atoms with Crippen molar-refractivity contribution in [2.45, 2.75) is 6.54 Å². The maximum Gasteiger partial charge on any atom is 0.312 e. The van der Waals surface area contributed by atoms with Gasteiger partial charge in [-0.2, -0.15) is 5.26 Å². The Morgan fingerprint density at radius 2 is 2.14 bits per heavy atom. The van der Waals surface area contributed by atoms with Gasteiger partial charge in [0.1, 0.15) is 11.8 Å². The van der Waals surface area contributed by atoms with E-state index in [1.165, 1.54) is 12.3 Å². The van der Waals surface area contributed by atoms with Crippen LogP contribution in [-0.2, 0) is 6.54 Å². The first kappa shape index (κ1) is 14.3. The SMILES string of the molecule is COc1ccc(CNc2ncc(C#N)cc2[N+](=O)[O-])cc1. The van der Waals surface area contributed by atoms with E-state index in [1.54, 1.807) is 19.2 Å². The summed E-state index contributed by atoms with van der Waals surface area (Å²) in [6, 6.07) is 10.3. The highest BCUT2D eigenvalue weighted by Gasteiger charge is 2.16. The number of aromatic nitrogens is 1. The van der Waals surface area contributed by atoms with Gasteiger partial charge in [0.05, 0.1) is 17.6 Å². The summed E-state index contributed by atoms with van der Waals surface area (Å²) < 4.78 is 5.06. The van der Waals surface area contributed by atoms with Gasteiger partial charge in [0.15, 0.2) is 0 Å². The van der Waals surface area contributed by atoms with Gasteiger partial charge in [0, 0.05) is 18.8 Å². The minimum Gasteiger partial charge on any atom is -0.497 e. The molecule has 1 aromatic heterocycles. The first-order valence-corrected chi connectivity index (χ1v) is 6.05. The van der Waals surface area contributed by atoms with Crippen LogP contribution in [0.2, 0.25) is 0 Å². The summed E-state index contributed by atoms with van der Waals surface area (Å²) in [7, 11) is 1.58. The van der Waals surface area contributed by atoms with Gasteiger partial charge in [-0.25, -0.2) is 4.98 Å². The summed E-state index contributed by atoms with van der Waals surface area (Å²) in [4.78, 5) is 14.3. The Kier molecular flexibility index (Phi) is 4.31. The fraction of sp³-hybridized carbons (Fsp3) is 0.143. The number of methoxy groups -OCH3 is 1. The summed E-state index contributed by atoms with van der Waals surface area (Å²) in [5.74, 6) is 0.871. The van der Waals surface area contributed by atoms with Crippen molar-refractivity contribution in [2.24, 2.45) is 0 Å². The summed E-state index contributed by atoms with van der Waals surface area (Å²) in [5.41, 5.74) is 0.857. The van der Waals surface area contributed by atoms with E-state index in [2.05, 4.69) is 10.3 Å². The minimum absolute atomic E-state index is 0.134. The molecule has 0 saturated carbocycles. The molecule has 0 aliphatic carbocycles. The number of hydrogen-bond acceptors (Lipinski definition) is 6. The van der Waals surface area contributed by atoms with E-state index in [9.17, 15) is 10.1 Å². The van der Waals surface area contributed by atoms with Crippen LogP contribution < -0.4 is 10.1 Å². The van der Waals surface area contributed by atoms with Crippen molar-refractivity contribution < 1.29 is 9.66 Å². The number of benzene rings is 1. The van der Waals surface area contributed by atoms with Crippen LogP contribution in [0.1, 0.15) is 11.1 Å². The first-order valence-electron chi connectivity index (χ1n) is 6.05. The Morgan fingerprint density at radius 1 is 1.43 bits per heavy atom. The fourth-order valence-electron chi connectivity index (χ4n) is 1.72. The number of nitro groups is 1. The molecule has 1 N–H and O–H groups in total. The van der Waals surface area contributed by atoms with E-state index in [4.69, 9.17) is 10.00 Å². The lowest BCUT2D eigenvalue weighted by Gasteiger charge is -2.07. The maximum atomic E-state index is 11.0. The van der Waals surface area contributed by atoms with Crippen LogP contribution in [0.3, 0.4) is 0 Å². The van der Waals surface area contributed by atoms with Crippen LogP contribution in [0.25, 0.3) is 0 Å². The molecule has 0 aliphatic rings. The van der Waals surface area contributed by atoms with E-state index >= 15 is 0 Å². The van der Waals surface area contributed by atoms with Crippen LogP contribution in [0.4, 0.5) is 11.5 Å². The Labute approximate surface area is 121 Å². The zero-order valence-electron chi connectivity index (χ0n) is 11.2. The number of nitriles is 1. The van der Waals surface area contributed by atoms with Crippen LogP contribution in [0.15, 0.2) is 36.5 Å². The molecule has 7 heteroatoms. The Bertz CT molecular complexity index is 692. The lowest BCUT2D eigenvalue weighted by molar-refractivity contribution is -0.384. The second-order valence-corrected chi connectivity index (χ2v) is 4.16. The van der Waals surface area contributed by atoms with Gasteiger partial charge in [-0.05, 0) is 17.7 Å². The largest absolute Gasteiger partial charge is 0.497 e. The van der Waals surface area contributed by atoms with Crippen molar-refractivity contribution in [3.05, 3.63) is 57.8 Å². The molecule has 0 spiro atoms. The highest BCUT2D eigenvalue weighted by Crippen LogP contribution is 2.23. The molecular formula is C14H12N4O3. The number of anilines is 1. The van der Waals surface area contributed by atoms with Gasteiger partial charge in [0.2, 0.25) is 5.82 Å². The monoisotopic (exact) mass is 284 g/mol. The van der Waals surface area contributed by atoms with Crippen molar-refractivity contribution in [1.82, 2.24) is 4.98 Å². The Balaban J connectivity index is 2.15. The summed E-state index contributed by atoms with van der Waals surface area (Å²) >= 11 is 0. The highest BCUT2D eigenvalue weighted by molar-refractivity contribution is 5.58. The molecule has 7 nitrogen and oxygen atoms in total. The van der Waals surface area contributed by atoms with Gasteiger partial charge in [-0.1, -0.05) is 12.1 Å². The third kappa shape index (κ3) is 3.45. The number of hydrogen-bond donors (Lipinski definition) is 1. The molecule has 0 fully saturated rings. The molecule has 0 aliphatic heterocycles. The first-order chi connectivity index (χ1) is 10.1. The van der Waals surface area contributed by atoms with E-state index in [-0.39, 0.29) is 17.1 Å². The van der Waals surface area contributed by atoms with Gasteiger partial charge >= 0.3 is 5.69 Å². The normalized spacial score (nSPS) is 9.71. The van der Waals surface area contributed by atoms with E-state index in [1.807, 2.05) is 18.2 Å². The van der Waals surface area contributed by atoms with Crippen molar-refractivity contribution in [2.75, 3.05) is 12.4 Å². The van der Waals surface area contributed by atoms with Crippen LogP contribution in [0.5, 0.6) is 5.75 Å². The van der Waals surface area contributed by atoms with Crippen LogP contribution in [0, 0.1) is 21.4 Å². The van der Waals surface area contributed by atoms with Crippen molar-refractivity contribution in [3.63, 3.8) is 0 Å². The number of ether oxygens (including phenoxy) is 1. The molecule has 1 aromatic carbocycles. The number of nitrogens with zero attached hydrogens (tertiary/aromatic N) is 3. The maximum absolute atomic E-state index is 11.0. The molecule has 0 atom stereocenters. The smallest absolute Gasteiger partial charge is 0.312 e. The van der Waals surface area contributed by atoms with Crippen molar-refractivity contribution in [1.29, 1.82) is 5.26 Å². The average molecular weight is 284 g/mol. The lowest BCUT2D eigenvalue weighted by atomic mass is 10.2. The molecule has 0 amide bonds. The zero-order valence-corrected chi connectivity index (χ0v) is 11.2. The standard InChI is InChI=1S/C14H12N4O3/c1-21-12-4-2-10(3-5-12)8-16-14-13(18(19)20)6-11(7-15)9-17-14/h2-6,9H,8H2,1H3,(H,16,17). The molecule has 106 valence electrons. The molecule has 0 saturated heterocycles. The predicted molar refractivity (Wildman–Crippen MR) is 75.9 cm³/mol. The van der Waals surface area contributed by atoms with Gasteiger partial charge in [0.25, 0.3) is 0 Å². The molecule has 0 bridgehead atoms. The van der Waals surface area contributed by atoms with Gasteiger partial charge < -0.3 is 10.1 Å². The minimum atomic E-state index is -0.565. The van der Waals surface area contributed by atoms with Crippen molar-refractivity contribution in [3.8, 4) is 11.8 Å². The third-order valence-corrected chi connectivity index (χ3v) is 2.81. The van der Waals surface area contributed by atoms with Gasteiger partial charge in [-0.3, -0.25) is 10.1 Å². The second-order valence-electron chi connectivity index (χ2n) is 4.16. The molecule has 2 rings (SSSR count). The summed E-state index contributed by atoms with van der Waals surface area (Å²) in [5, 5.41) is 22.6. The van der Waals surface area contributed by atoms with E-state index < -0.39 is 4.92 Å². The van der Waals surface area contributed by atoms with Gasteiger partial charge in [-0.15, -0.1) is 0 Å². The van der Waals surface area contributed by atoms with E-state index in [0.717, 1.165) is 11.3 Å². The molecule has 2 aromatic rings. The zero-order chi connectivity index (χ0) is 15.2. The van der Waals surface area contributed by atoms with E-state index in [0.29, 0.717) is 6.54 Å². The summed E-state index contributed by atoms with van der Waals surface area (Å²) in [6.07, 6.45) is 1.29. The number of pyridine rings is 1. The summed E-state index contributed by atoms with van der Waals surface area (Å²) in [6.45, 7) is 0.379. The predicted octanol–water partition coefficient (Wildman–Crippen LogP) is 2.48. The average Bonchev–Trinajstić information content (AvgIpc) is 2.53. The molecule has 0 unspecified atom stereocenters. The Morgan fingerprint density at radius 3 is 2.71 bits per heavy atom. The van der Waals surface area contributed by atoms with Crippen molar-refractivity contribution >= 4 is 11.5 Å². The number of rotatable bonds is 5. The molecular weight excluding hydrogens is 272 g/mol. The highest BCUT2D eigenvalue weighted by atomic mass is 16.6. The second kappa shape index (κ2) is 6.34. The third-order valence-electron chi connectivity index (χ3n) is 2.81. The quantitative estimate of drug-likeness (QED) is 0.668. The molecule has 1 heterocycles. The molecule has 21 heavy (non-hydrogen) atoms. The topological polar surface area (TPSA) is 101 Å². The number of nitrogens with one attached hydrogen (secondary N) is 1. The molecule has 0 radical (unpaired) electrons.